The first kappa shape index (κ1) is 22.0. The van der Waals surface area contributed by atoms with E-state index in [1.54, 1.807) is 12.1 Å². The molecule has 0 aliphatic rings. The number of alkyl halides is 3. The van der Waals surface area contributed by atoms with Gasteiger partial charge in [-0.3, -0.25) is 4.72 Å². The number of nitrogens with zero attached hydrogens (tertiary/aromatic N) is 1. The minimum Gasteiger partial charge on any atom is -0.311 e. The normalized spacial score (nSPS) is 12.3. The minimum atomic E-state index is -4.53. The Morgan fingerprint density at radius 3 is 2.40 bits per heavy atom. The highest BCUT2D eigenvalue weighted by Crippen LogP contribution is 2.30. The number of sulfonamides is 1. The van der Waals surface area contributed by atoms with Gasteiger partial charge in [-0.2, -0.15) is 13.2 Å². The van der Waals surface area contributed by atoms with Crippen molar-refractivity contribution >= 4 is 26.6 Å². The number of fused-ring (bicyclic) bond motifs is 1. The van der Waals surface area contributed by atoms with Gasteiger partial charge in [0.15, 0.2) is 0 Å². The van der Waals surface area contributed by atoms with E-state index in [0.717, 1.165) is 54.7 Å². The van der Waals surface area contributed by atoms with Crippen molar-refractivity contribution in [2.24, 2.45) is 0 Å². The van der Waals surface area contributed by atoms with Crippen LogP contribution in [0.3, 0.4) is 0 Å². The average molecular weight is 437 g/mol. The summed E-state index contributed by atoms with van der Waals surface area (Å²) < 4.78 is 66.0. The first-order chi connectivity index (χ1) is 14.2. The molecule has 9 heteroatoms. The zero-order valence-corrected chi connectivity index (χ0v) is 17.1. The van der Waals surface area contributed by atoms with E-state index in [0.29, 0.717) is 12.1 Å². The van der Waals surface area contributed by atoms with Gasteiger partial charge >= 0.3 is 6.18 Å². The predicted molar refractivity (Wildman–Crippen MR) is 111 cm³/mol. The Kier molecular flexibility index (Phi) is 6.62. The fourth-order valence-corrected chi connectivity index (χ4v) is 3.98. The van der Waals surface area contributed by atoms with Crippen molar-refractivity contribution in [3.63, 3.8) is 0 Å². The third kappa shape index (κ3) is 5.28. The lowest BCUT2D eigenvalue weighted by atomic mass is 10.2. The monoisotopic (exact) mass is 437 g/mol. The summed E-state index contributed by atoms with van der Waals surface area (Å²) in [5.41, 5.74) is 0.596. The van der Waals surface area contributed by atoms with E-state index >= 15 is 0 Å². The number of nitrogens with one attached hydrogen (secondary N) is 2. The van der Waals surface area contributed by atoms with Gasteiger partial charge in [-0.15, -0.1) is 0 Å². The lowest BCUT2D eigenvalue weighted by Gasteiger charge is -2.12. The molecule has 0 unspecified atom stereocenters. The summed E-state index contributed by atoms with van der Waals surface area (Å²) in [6.07, 6.45) is -2.41. The molecular weight excluding hydrogens is 415 g/mol. The van der Waals surface area contributed by atoms with Crippen molar-refractivity contribution in [1.82, 2.24) is 10.3 Å². The number of anilines is 1. The summed E-state index contributed by atoms with van der Waals surface area (Å²) in [5.74, 6) is 0. The van der Waals surface area contributed by atoms with Crippen LogP contribution in [0.25, 0.3) is 10.9 Å². The molecule has 0 aliphatic carbocycles. The average Bonchev–Trinajstić information content (AvgIpc) is 2.71. The van der Waals surface area contributed by atoms with E-state index in [1.807, 2.05) is 18.2 Å². The largest absolute Gasteiger partial charge is 0.416 e. The van der Waals surface area contributed by atoms with E-state index in [-0.39, 0.29) is 10.6 Å². The van der Waals surface area contributed by atoms with Crippen molar-refractivity contribution in [3.05, 3.63) is 65.9 Å². The molecule has 5 nitrogen and oxygen atoms in total. The van der Waals surface area contributed by atoms with Crippen molar-refractivity contribution in [3.8, 4) is 0 Å². The standard InChI is InChI=1S/C21H22F3N3O2S/c1-2-3-13-25-14-17-10-7-15-5-4-6-19(20(15)26-17)27-30(28,29)18-11-8-16(9-12-18)21(22,23)24/h4-12,25,27H,2-3,13-14H2,1H3. The van der Waals surface area contributed by atoms with Gasteiger partial charge in [0.2, 0.25) is 0 Å². The van der Waals surface area contributed by atoms with E-state index in [9.17, 15) is 21.6 Å². The van der Waals surface area contributed by atoms with E-state index < -0.39 is 21.8 Å². The van der Waals surface area contributed by atoms with Gasteiger partial charge < -0.3 is 5.32 Å². The van der Waals surface area contributed by atoms with Gasteiger partial charge in [-0.25, -0.2) is 13.4 Å². The molecule has 0 radical (unpaired) electrons. The Hall–Kier alpha value is -2.65. The van der Waals surface area contributed by atoms with E-state index in [2.05, 4.69) is 21.9 Å². The third-order valence-electron chi connectivity index (χ3n) is 4.53. The number of unbranched alkanes of at least 4 members (excludes halogenated alkanes) is 1. The summed E-state index contributed by atoms with van der Waals surface area (Å²) in [6, 6.07) is 12.2. The maximum Gasteiger partial charge on any atom is 0.416 e. The fraction of sp³-hybridized carbons (Fsp3) is 0.286. The molecule has 2 N–H and O–H groups in total. The Morgan fingerprint density at radius 2 is 1.73 bits per heavy atom. The van der Waals surface area contributed by atoms with Gasteiger partial charge in [-0.1, -0.05) is 31.5 Å². The van der Waals surface area contributed by atoms with E-state index in [1.165, 1.54) is 0 Å². The van der Waals surface area contributed by atoms with Crippen molar-refractivity contribution in [2.75, 3.05) is 11.3 Å². The predicted octanol–water partition coefficient (Wildman–Crippen LogP) is 4.94. The first-order valence-corrected chi connectivity index (χ1v) is 11.0. The van der Waals surface area contributed by atoms with Gasteiger partial charge in [0.05, 0.1) is 27.4 Å². The van der Waals surface area contributed by atoms with Crippen LogP contribution >= 0.6 is 0 Å². The molecule has 0 amide bonds. The van der Waals surface area contributed by atoms with Crippen LogP contribution in [-0.2, 0) is 22.7 Å². The number of rotatable bonds is 8. The molecule has 0 saturated heterocycles. The molecule has 0 spiro atoms. The second-order valence-electron chi connectivity index (χ2n) is 6.84. The number of hydrogen-bond donors (Lipinski definition) is 2. The summed E-state index contributed by atoms with van der Waals surface area (Å²) in [6.45, 7) is 3.51. The molecule has 0 fully saturated rings. The molecule has 3 rings (SSSR count). The Balaban J connectivity index is 1.86. The molecule has 0 aliphatic heterocycles. The van der Waals surface area contributed by atoms with Crippen molar-refractivity contribution < 1.29 is 21.6 Å². The molecule has 0 atom stereocenters. The molecule has 160 valence electrons. The van der Waals surface area contributed by atoms with Gasteiger partial charge in [0, 0.05) is 11.9 Å². The molecule has 1 aromatic heterocycles. The van der Waals surface area contributed by atoms with Crippen molar-refractivity contribution in [1.29, 1.82) is 0 Å². The molecule has 2 aromatic carbocycles. The topological polar surface area (TPSA) is 71.1 Å². The van der Waals surface area contributed by atoms with Crippen molar-refractivity contribution in [2.45, 2.75) is 37.4 Å². The number of para-hydroxylation sites is 1. The summed E-state index contributed by atoms with van der Waals surface area (Å²) in [4.78, 5) is 4.30. The maximum atomic E-state index is 12.7. The number of pyridine rings is 1. The van der Waals surface area contributed by atoms with Crippen LogP contribution in [0, 0.1) is 0 Å². The summed E-state index contributed by atoms with van der Waals surface area (Å²) in [5, 5.41) is 4.04. The Labute approximate surface area is 173 Å². The van der Waals surface area contributed by atoms with Crippen LogP contribution < -0.4 is 10.0 Å². The van der Waals surface area contributed by atoms with Gasteiger partial charge in [-0.05, 0) is 49.4 Å². The van der Waals surface area contributed by atoms with Crippen LogP contribution in [0.5, 0.6) is 0 Å². The second kappa shape index (κ2) is 9.01. The zero-order chi connectivity index (χ0) is 21.8. The SMILES string of the molecule is CCCCNCc1ccc2cccc(NS(=O)(=O)c3ccc(C(F)(F)F)cc3)c2n1. The fourth-order valence-electron chi connectivity index (χ4n) is 2.91. The highest BCUT2D eigenvalue weighted by molar-refractivity contribution is 7.92. The number of halogens is 3. The smallest absolute Gasteiger partial charge is 0.311 e. The number of hydrogen-bond acceptors (Lipinski definition) is 4. The lowest BCUT2D eigenvalue weighted by molar-refractivity contribution is -0.137. The van der Waals surface area contributed by atoms with Crippen LogP contribution in [0.4, 0.5) is 18.9 Å². The molecule has 0 saturated carbocycles. The van der Waals surface area contributed by atoms with Gasteiger partial charge in [0.1, 0.15) is 0 Å². The van der Waals surface area contributed by atoms with Crippen LogP contribution in [-0.4, -0.2) is 19.9 Å². The molecule has 3 aromatic rings. The molecule has 0 bridgehead atoms. The molecular formula is C21H22F3N3O2S. The van der Waals surface area contributed by atoms with Crippen LogP contribution in [0.1, 0.15) is 31.0 Å². The molecule has 1 heterocycles. The first-order valence-electron chi connectivity index (χ1n) is 9.50. The third-order valence-corrected chi connectivity index (χ3v) is 5.91. The second-order valence-corrected chi connectivity index (χ2v) is 8.52. The highest BCUT2D eigenvalue weighted by Gasteiger charge is 2.30. The van der Waals surface area contributed by atoms with Crippen LogP contribution in [0.15, 0.2) is 59.5 Å². The summed E-state index contributed by atoms with van der Waals surface area (Å²) in [7, 11) is -4.08. The van der Waals surface area contributed by atoms with E-state index in [4.69, 9.17) is 0 Å². The lowest BCUT2D eigenvalue weighted by Crippen LogP contribution is -2.16. The summed E-state index contributed by atoms with van der Waals surface area (Å²) >= 11 is 0. The van der Waals surface area contributed by atoms with Gasteiger partial charge in [0.25, 0.3) is 10.0 Å². The quantitative estimate of drug-likeness (QED) is 0.490. The maximum absolute atomic E-state index is 12.7. The number of benzene rings is 2. The minimum absolute atomic E-state index is 0.259. The Morgan fingerprint density at radius 1 is 1.00 bits per heavy atom. The number of aromatic nitrogens is 1. The zero-order valence-electron chi connectivity index (χ0n) is 16.3. The highest BCUT2D eigenvalue weighted by atomic mass is 32.2. The molecule has 30 heavy (non-hydrogen) atoms. The van der Waals surface area contributed by atoms with Crippen LogP contribution in [0.2, 0.25) is 0 Å². The Bertz CT molecular complexity index is 1110.